The first-order valence-electron chi connectivity index (χ1n) is 5.95. The Morgan fingerprint density at radius 1 is 1.21 bits per heavy atom. The highest BCUT2D eigenvalue weighted by Gasteiger charge is 2.43. The lowest BCUT2D eigenvalue weighted by molar-refractivity contribution is -0.142. The molecule has 1 aliphatic carbocycles. The molecule has 5 nitrogen and oxygen atoms in total. The van der Waals surface area contributed by atoms with Crippen LogP contribution >= 0.6 is 0 Å². The molecular weight excluding hydrogens is 248 g/mol. The van der Waals surface area contributed by atoms with E-state index in [-0.39, 0.29) is 23.6 Å². The van der Waals surface area contributed by atoms with Gasteiger partial charge in [-0.25, -0.2) is 9.59 Å². The van der Waals surface area contributed by atoms with Crippen LogP contribution in [0.5, 0.6) is 0 Å². The van der Waals surface area contributed by atoms with E-state index >= 15 is 0 Å². The number of carbonyl (C=O) groups excluding carboxylic acids is 2. The predicted octanol–water partition coefficient (Wildman–Crippen LogP) is 1.55. The van der Waals surface area contributed by atoms with E-state index in [1.807, 2.05) is 0 Å². The number of esters is 2. The number of hydrogen-bond acceptors (Lipinski definition) is 5. The van der Waals surface area contributed by atoms with Crippen LogP contribution in [-0.2, 0) is 23.8 Å². The van der Waals surface area contributed by atoms with Gasteiger partial charge < -0.3 is 14.2 Å². The Kier molecular flexibility index (Phi) is 5.51. The summed E-state index contributed by atoms with van der Waals surface area (Å²) >= 11 is 0. The molecule has 0 aromatic rings. The molecule has 1 saturated carbocycles. The van der Waals surface area contributed by atoms with Crippen LogP contribution in [0, 0.1) is 0 Å². The molecule has 1 aliphatic heterocycles. The first kappa shape index (κ1) is 15.2. The van der Waals surface area contributed by atoms with E-state index in [0.717, 1.165) is 18.9 Å². The predicted molar refractivity (Wildman–Crippen MR) is 69.3 cm³/mol. The Balaban J connectivity index is 0.000000191. The Morgan fingerprint density at radius 2 is 1.79 bits per heavy atom. The van der Waals surface area contributed by atoms with E-state index < -0.39 is 0 Å². The van der Waals surface area contributed by atoms with Gasteiger partial charge in [-0.1, -0.05) is 19.7 Å². The highest BCUT2D eigenvalue weighted by molar-refractivity contribution is 5.82. The summed E-state index contributed by atoms with van der Waals surface area (Å²) in [6.07, 6.45) is 5.93. The van der Waals surface area contributed by atoms with E-state index in [2.05, 4.69) is 24.5 Å². The molecule has 0 N–H and O–H groups in total. The van der Waals surface area contributed by atoms with Gasteiger partial charge in [0.2, 0.25) is 0 Å². The molecule has 0 aromatic carbocycles. The molecule has 0 spiro atoms. The summed E-state index contributed by atoms with van der Waals surface area (Å²) in [6.45, 7) is 11.2. The molecule has 104 valence electrons. The Morgan fingerprint density at radius 3 is 2.16 bits per heavy atom. The lowest BCUT2D eigenvalue weighted by Gasteiger charge is -2.08. The second-order valence-electron chi connectivity index (χ2n) is 4.18. The number of carbonyl (C=O) groups is 2. The van der Waals surface area contributed by atoms with Gasteiger partial charge in [0.15, 0.2) is 0 Å². The van der Waals surface area contributed by atoms with Gasteiger partial charge in [0.05, 0.1) is 6.61 Å². The van der Waals surface area contributed by atoms with Crippen LogP contribution in [0.4, 0.5) is 0 Å². The molecule has 0 amide bonds. The largest absolute Gasteiger partial charge is 0.460 e. The molecule has 0 radical (unpaired) electrons. The van der Waals surface area contributed by atoms with Crippen molar-refractivity contribution >= 4 is 11.9 Å². The van der Waals surface area contributed by atoms with Crippen molar-refractivity contribution < 1.29 is 23.8 Å². The summed E-state index contributed by atoms with van der Waals surface area (Å²) < 4.78 is 14.4. The maximum Gasteiger partial charge on any atom is 0.331 e. The molecule has 0 bridgehead atoms. The van der Waals surface area contributed by atoms with Crippen LogP contribution in [0.1, 0.15) is 12.8 Å². The third-order valence-corrected chi connectivity index (χ3v) is 2.57. The van der Waals surface area contributed by atoms with Crippen LogP contribution in [0.3, 0.4) is 0 Å². The zero-order valence-corrected chi connectivity index (χ0v) is 10.8. The Labute approximate surface area is 112 Å². The van der Waals surface area contributed by atoms with Crippen molar-refractivity contribution in [3.8, 4) is 0 Å². The monoisotopic (exact) mass is 266 g/mol. The maximum absolute atomic E-state index is 10.6. The van der Waals surface area contributed by atoms with Crippen LogP contribution < -0.4 is 0 Å². The molecule has 2 aliphatic rings. The second-order valence-corrected chi connectivity index (χ2v) is 4.18. The maximum atomic E-state index is 10.6. The van der Waals surface area contributed by atoms with Gasteiger partial charge in [0.25, 0.3) is 0 Å². The standard InChI is InChI=1S/C8H10O2.C6H8O3/c1-3-7(9)10-8(4-2)5-6-8;1-2-6(7)9-4-5-3-8-5/h3-4H,1-2,5-6H2;2,5H,1,3-4H2. The average Bonchev–Trinajstić information content (AvgIpc) is 3.32. The fraction of sp³-hybridized carbons (Fsp3) is 0.429. The molecule has 1 unspecified atom stereocenters. The van der Waals surface area contributed by atoms with Crippen LogP contribution in [0.25, 0.3) is 0 Å². The van der Waals surface area contributed by atoms with Crippen molar-refractivity contribution in [2.45, 2.75) is 24.5 Å². The van der Waals surface area contributed by atoms with Crippen molar-refractivity contribution in [3.05, 3.63) is 38.0 Å². The number of hydrogen-bond donors (Lipinski definition) is 0. The fourth-order valence-corrected chi connectivity index (χ4v) is 1.11. The molecule has 5 heteroatoms. The summed E-state index contributed by atoms with van der Waals surface area (Å²) in [5.74, 6) is -0.747. The van der Waals surface area contributed by atoms with Crippen molar-refractivity contribution in [2.24, 2.45) is 0 Å². The van der Waals surface area contributed by atoms with Gasteiger partial charge in [-0.3, -0.25) is 0 Å². The third kappa shape index (κ3) is 6.01. The van der Waals surface area contributed by atoms with Crippen molar-refractivity contribution in [2.75, 3.05) is 13.2 Å². The van der Waals surface area contributed by atoms with Crippen molar-refractivity contribution in [1.82, 2.24) is 0 Å². The number of ether oxygens (including phenoxy) is 3. The van der Waals surface area contributed by atoms with E-state index in [1.165, 1.54) is 6.08 Å². The van der Waals surface area contributed by atoms with Gasteiger partial charge in [0, 0.05) is 12.2 Å². The first-order valence-corrected chi connectivity index (χ1v) is 5.95. The molecular formula is C14H18O5. The van der Waals surface area contributed by atoms with E-state index in [1.54, 1.807) is 6.08 Å². The highest BCUT2D eigenvalue weighted by atomic mass is 16.6. The van der Waals surface area contributed by atoms with Gasteiger partial charge in [-0.2, -0.15) is 0 Å². The summed E-state index contributed by atoms with van der Waals surface area (Å²) in [5.41, 5.74) is -0.342. The smallest absolute Gasteiger partial charge is 0.331 e. The van der Waals surface area contributed by atoms with Gasteiger partial charge in [-0.15, -0.1) is 0 Å². The molecule has 1 atom stereocenters. The second kappa shape index (κ2) is 6.89. The summed E-state index contributed by atoms with van der Waals surface area (Å²) in [5, 5.41) is 0. The van der Waals surface area contributed by atoms with E-state index in [9.17, 15) is 9.59 Å². The Hall–Kier alpha value is -1.88. The lowest BCUT2D eigenvalue weighted by atomic mass is 10.3. The van der Waals surface area contributed by atoms with Gasteiger partial charge in [-0.05, 0) is 18.9 Å². The number of rotatable bonds is 6. The average molecular weight is 266 g/mol. The topological polar surface area (TPSA) is 65.1 Å². The minimum absolute atomic E-state index is 0.147. The summed E-state index contributed by atoms with van der Waals surface area (Å²) in [7, 11) is 0. The quantitative estimate of drug-likeness (QED) is 0.316. The van der Waals surface area contributed by atoms with Gasteiger partial charge in [0.1, 0.15) is 18.3 Å². The lowest BCUT2D eigenvalue weighted by Crippen LogP contribution is -2.14. The summed E-state index contributed by atoms with van der Waals surface area (Å²) in [6, 6.07) is 0. The zero-order valence-electron chi connectivity index (χ0n) is 10.8. The first-order chi connectivity index (χ1) is 9.05. The number of epoxide rings is 1. The zero-order chi connectivity index (χ0) is 14.3. The van der Waals surface area contributed by atoms with Crippen LogP contribution in [0.2, 0.25) is 0 Å². The molecule has 1 heterocycles. The minimum Gasteiger partial charge on any atom is -0.460 e. The molecule has 1 saturated heterocycles. The van der Waals surface area contributed by atoms with Crippen molar-refractivity contribution in [3.63, 3.8) is 0 Å². The SMILES string of the molecule is C=CC(=O)OC1(C=C)CC1.C=CC(=O)OCC1CO1. The van der Waals surface area contributed by atoms with E-state index in [4.69, 9.17) is 9.47 Å². The van der Waals surface area contributed by atoms with Crippen LogP contribution in [-0.4, -0.2) is 36.9 Å². The van der Waals surface area contributed by atoms with Crippen molar-refractivity contribution in [1.29, 1.82) is 0 Å². The highest BCUT2D eigenvalue weighted by Crippen LogP contribution is 2.40. The van der Waals surface area contributed by atoms with E-state index in [0.29, 0.717) is 13.2 Å². The minimum atomic E-state index is -0.384. The summed E-state index contributed by atoms with van der Waals surface area (Å²) in [4.78, 5) is 21.0. The molecule has 19 heavy (non-hydrogen) atoms. The Bertz CT molecular complexity index is 377. The molecule has 2 rings (SSSR count). The normalized spacial score (nSPS) is 20.9. The van der Waals surface area contributed by atoms with Gasteiger partial charge >= 0.3 is 11.9 Å². The van der Waals surface area contributed by atoms with Crippen LogP contribution in [0.15, 0.2) is 38.0 Å². The fourth-order valence-electron chi connectivity index (χ4n) is 1.11. The molecule has 0 aromatic heterocycles. The third-order valence-electron chi connectivity index (χ3n) is 2.57. The molecule has 2 fully saturated rings.